The molecule has 34 heavy (non-hydrogen) atoms. The second-order valence-corrected chi connectivity index (χ2v) is 21.1. The monoisotopic (exact) mass is 520 g/mol. The number of aliphatic hydroxyl groups is 4. The molecule has 6 atom stereocenters. The molecule has 6 unspecified atom stereocenters. The highest BCUT2D eigenvalue weighted by molar-refractivity contribution is 6.76. The normalized spacial score (nSPS) is 28.5. The highest BCUT2D eigenvalue weighted by Crippen LogP contribution is 2.46. The largest absolute Gasteiger partial charge is 0.396 e. The van der Waals surface area contributed by atoms with Gasteiger partial charge < -0.3 is 29.9 Å². The lowest BCUT2D eigenvalue weighted by atomic mass is 9.79. The van der Waals surface area contributed by atoms with Gasteiger partial charge in [0.2, 0.25) is 0 Å². The lowest BCUT2D eigenvalue weighted by Gasteiger charge is -2.43. The maximum atomic E-state index is 10.9. The van der Waals surface area contributed by atoms with E-state index in [1.165, 1.54) is 12.5 Å². The molecule has 0 aromatic carbocycles. The Morgan fingerprint density at radius 2 is 1.53 bits per heavy atom. The third-order valence-electron chi connectivity index (χ3n) is 7.42. The van der Waals surface area contributed by atoms with Crippen LogP contribution in [0.2, 0.25) is 37.3 Å². The van der Waals surface area contributed by atoms with E-state index >= 15 is 0 Å². The number of hydrogen-bond donors (Lipinski definition) is 4. The molecule has 1 fully saturated rings. The molecule has 0 aromatic rings. The van der Waals surface area contributed by atoms with Crippen LogP contribution in [-0.4, -0.2) is 88.4 Å². The maximum Gasteiger partial charge on any atom is 0.114 e. The van der Waals surface area contributed by atoms with Crippen molar-refractivity contribution in [2.45, 2.75) is 140 Å². The second kappa shape index (κ2) is 14.8. The van der Waals surface area contributed by atoms with Crippen LogP contribution in [-0.2, 0) is 9.47 Å². The topological polar surface area (TPSA) is 99.4 Å². The number of hydrogen-bond acceptors (Lipinski definition) is 6. The van der Waals surface area contributed by atoms with E-state index in [-0.39, 0.29) is 28.1 Å². The molecule has 8 heteroatoms. The van der Waals surface area contributed by atoms with Crippen LogP contribution >= 0.6 is 0 Å². The highest BCUT2D eigenvalue weighted by Gasteiger charge is 2.44. The Morgan fingerprint density at radius 1 is 0.912 bits per heavy atom. The van der Waals surface area contributed by atoms with Gasteiger partial charge in [-0.25, -0.2) is 0 Å². The Bertz CT molecular complexity index is 556. The first-order valence-electron chi connectivity index (χ1n) is 13.6. The van der Waals surface area contributed by atoms with Gasteiger partial charge in [0.15, 0.2) is 0 Å². The first-order valence-corrected chi connectivity index (χ1v) is 19.5. The summed E-state index contributed by atoms with van der Waals surface area (Å²) in [5.41, 5.74) is 0.290. The molecule has 204 valence electrons. The van der Waals surface area contributed by atoms with E-state index in [4.69, 9.17) is 14.6 Å². The molecule has 6 nitrogen and oxygen atoms in total. The Hall–Kier alpha value is 0.194. The van der Waals surface area contributed by atoms with E-state index < -0.39 is 38.6 Å². The molecule has 0 saturated carbocycles. The Balaban J connectivity index is 2.70. The Labute approximate surface area is 212 Å². The van der Waals surface area contributed by atoms with E-state index in [1.807, 2.05) is 0 Å². The lowest BCUT2D eigenvalue weighted by Crippen LogP contribution is -2.59. The Kier molecular flexibility index (Phi) is 14.0. The van der Waals surface area contributed by atoms with Crippen LogP contribution in [0.5, 0.6) is 0 Å². The summed E-state index contributed by atoms with van der Waals surface area (Å²) in [7, 11) is -1.34. The van der Waals surface area contributed by atoms with Gasteiger partial charge in [0, 0.05) is 30.8 Å². The molecule has 0 bridgehead atoms. The fraction of sp³-hybridized carbons (Fsp3) is 1.00. The van der Waals surface area contributed by atoms with Crippen molar-refractivity contribution in [2.24, 2.45) is 5.41 Å². The summed E-state index contributed by atoms with van der Waals surface area (Å²) < 4.78 is 11.9. The van der Waals surface area contributed by atoms with Crippen LogP contribution in [0.3, 0.4) is 0 Å². The van der Waals surface area contributed by atoms with Crippen LogP contribution in [0.4, 0.5) is 0 Å². The predicted octanol–water partition coefficient (Wildman–Crippen LogP) is 3.73. The molecule has 4 N–H and O–H groups in total. The van der Waals surface area contributed by atoms with Crippen LogP contribution in [0, 0.1) is 5.41 Å². The fourth-order valence-electron chi connectivity index (χ4n) is 5.93. The van der Waals surface area contributed by atoms with Crippen LogP contribution < -0.4 is 0 Å². The zero-order valence-corrected chi connectivity index (χ0v) is 25.6. The van der Waals surface area contributed by atoms with Gasteiger partial charge in [-0.1, -0.05) is 72.3 Å². The minimum Gasteiger partial charge on any atom is -0.396 e. The maximum absolute atomic E-state index is 10.9. The predicted molar refractivity (Wildman–Crippen MR) is 146 cm³/mol. The number of unbranched alkanes of at least 4 members (excludes halogenated alkanes) is 3. The minimum atomic E-state index is -1.23. The second-order valence-electron chi connectivity index (χ2n) is 13.0. The molecule has 1 heterocycles. The molecular weight excluding hydrogens is 464 g/mol. The van der Waals surface area contributed by atoms with Crippen LogP contribution in [0.25, 0.3) is 0 Å². The average molecular weight is 521 g/mol. The first kappa shape index (κ1) is 32.2. The Morgan fingerprint density at radius 3 is 2.09 bits per heavy atom. The summed E-state index contributed by atoms with van der Waals surface area (Å²) >= 11 is 0. The van der Waals surface area contributed by atoms with Crippen molar-refractivity contribution in [1.82, 2.24) is 0 Å². The zero-order valence-electron chi connectivity index (χ0n) is 23.2. The first-order chi connectivity index (χ1) is 15.8. The van der Waals surface area contributed by atoms with Crippen LogP contribution in [0.1, 0.15) is 72.1 Å². The van der Waals surface area contributed by atoms with Crippen molar-refractivity contribution in [3.8, 4) is 0 Å². The van der Waals surface area contributed by atoms with Crippen molar-refractivity contribution in [1.29, 1.82) is 0 Å². The standard InChI is InChI=1S/C26H56O6Si2/c1-25(2,33-4)18-26(3,19-34(5,6)7)14-12-16-31-24-22(29)20(13-10-8-9-11-15-27)32-21(17-28)23(24)30/h20-24,27-30H,8-19,33H2,1-7H3. The van der Waals surface area contributed by atoms with Gasteiger partial charge in [0.25, 0.3) is 0 Å². The molecule has 0 aromatic heterocycles. The number of aliphatic hydroxyl groups excluding tert-OH is 4. The zero-order chi connectivity index (χ0) is 26.0. The summed E-state index contributed by atoms with van der Waals surface area (Å²) in [4.78, 5) is 0. The van der Waals surface area contributed by atoms with Crippen molar-refractivity contribution in [3.63, 3.8) is 0 Å². The van der Waals surface area contributed by atoms with Gasteiger partial charge in [-0.15, -0.1) is 0 Å². The van der Waals surface area contributed by atoms with Crippen molar-refractivity contribution < 1.29 is 29.9 Å². The van der Waals surface area contributed by atoms with E-state index in [1.54, 1.807) is 0 Å². The van der Waals surface area contributed by atoms with Gasteiger partial charge in [-0.2, -0.15) is 0 Å². The minimum absolute atomic E-state index is 0.109. The SMILES string of the molecule is C[SiH2]C(C)(C)CC(C)(CCCOC1C(O)C(CO)OC(CCCCCCO)C1O)C[Si](C)(C)C. The molecule has 1 saturated heterocycles. The van der Waals surface area contributed by atoms with E-state index in [9.17, 15) is 15.3 Å². The van der Waals surface area contributed by atoms with E-state index in [0.29, 0.717) is 18.1 Å². The van der Waals surface area contributed by atoms with Crippen molar-refractivity contribution in [3.05, 3.63) is 0 Å². The van der Waals surface area contributed by atoms with E-state index in [2.05, 4.69) is 47.0 Å². The molecule has 1 rings (SSSR count). The number of rotatable bonds is 17. The van der Waals surface area contributed by atoms with E-state index in [0.717, 1.165) is 38.5 Å². The van der Waals surface area contributed by atoms with Gasteiger partial charge >= 0.3 is 0 Å². The number of ether oxygens (including phenoxy) is 2. The molecular formula is C26H56O6Si2. The molecule has 0 spiro atoms. The van der Waals surface area contributed by atoms with Crippen molar-refractivity contribution in [2.75, 3.05) is 19.8 Å². The third kappa shape index (κ3) is 11.5. The summed E-state index contributed by atoms with van der Waals surface area (Å²) in [5.74, 6) is 0. The molecule has 0 amide bonds. The summed E-state index contributed by atoms with van der Waals surface area (Å²) in [5, 5.41) is 40.6. The average Bonchev–Trinajstić information content (AvgIpc) is 2.72. The smallest absolute Gasteiger partial charge is 0.114 e. The van der Waals surface area contributed by atoms with Gasteiger partial charge in [-0.3, -0.25) is 0 Å². The van der Waals surface area contributed by atoms with Gasteiger partial charge in [-0.05, 0) is 42.6 Å². The summed E-state index contributed by atoms with van der Waals surface area (Å²) in [6.07, 6.45) is 3.57. The molecule has 0 aliphatic carbocycles. The van der Waals surface area contributed by atoms with Crippen molar-refractivity contribution >= 4 is 17.6 Å². The van der Waals surface area contributed by atoms with Gasteiger partial charge in [0.05, 0.1) is 12.7 Å². The quantitative estimate of drug-likeness (QED) is 0.172. The summed E-state index contributed by atoms with van der Waals surface area (Å²) in [6.45, 7) is 17.5. The molecule has 0 radical (unpaired) electrons. The summed E-state index contributed by atoms with van der Waals surface area (Å²) in [6, 6.07) is 1.30. The van der Waals surface area contributed by atoms with Crippen LogP contribution in [0.15, 0.2) is 0 Å². The van der Waals surface area contributed by atoms with Gasteiger partial charge in [0.1, 0.15) is 24.4 Å². The highest BCUT2D eigenvalue weighted by atomic mass is 28.3. The third-order valence-corrected chi connectivity index (χ3v) is 11.5. The molecule has 1 aliphatic rings. The molecule has 1 aliphatic heterocycles. The lowest BCUT2D eigenvalue weighted by molar-refractivity contribution is -0.243. The fourth-order valence-corrected chi connectivity index (χ4v) is 9.64.